The number of nitrogens with zero attached hydrogens (tertiary/aromatic N) is 2. The maximum Gasteiger partial charge on any atom is 0.239 e. The first-order valence-electron chi connectivity index (χ1n) is 10.1. The van der Waals surface area contributed by atoms with Crippen molar-refractivity contribution in [2.75, 3.05) is 10.7 Å². The van der Waals surface area contributed by atoms with Crippen molar-refractivity contribution in [2.45, 2.75) is 25.6 Å². The highest BCUT2D eigenvalue weighted by atomic mass is 32.2. The number of anilines is 1. The van der Waals surface area contributed by atoms with Gasteiger partial charge in [0.15, 0.2) is 5.13 Å². The summed E-state index contributed by atoms with van der Waals surface area (Å²) in [5.74, 6) is 1.35. The average molecular weight is 433 g/mol. The van der Waals surface area contributed by atoms with E-state index in [1.54, 1.807) is 23.1 Å². The Labute approximate surface area is 185 Å². The lowest BCUT2D eigenvalue weighted by Crippen LogP contribution is -2.31. The van der Waals surface area contributed by atoms with Crippen molar-refractivity contribution in [1.29, 1.82) is 0 Å². The second-order valence-electron chi connectivity index (χ2n) is 7.06. The SMILES string of the molecule is CCc1cccc2sc(N(Cc3ccccc3)C(=O)CSCc3ccccc3)nc12. The summed E-state index contributed by atoms with van der Waals surface area (Å²) < 4.78 is 1.13. The Balaban J connectivity index is 1.57. The highest BCUT2D eigenvalue weighted by Crippen LogP contribution is 2.32. The Bertz CT molecular complexity index is 1110. The van der Waals surface area contributed by atoms with Gasteiger partial charge in [0.25, 0.3) is 0 Å². The second kappa shape index (κ2) is 9.92. The van der Waals surface area contributed by atoms with Crippen molar-refractivity contribution >= 4 is 44.4 Å². The van der Waals surface area contributed by atoms with Crippen LogP contribution in [0.1, 0.15) is 23.6 Å². The van der Waals surface area contributed by atoms with Crippen LogP contribution in [0.2, 0.25) is 0 Å². The fourth-order valence-corrected chi connectivity index (χ4v) is 5.22. The third-order valence-corrected chi connectivity index (χ3v) is 6.96. The molecule has 0 saturated carbocycles. The van der Waals surface area contributed by atoms with Gasteiger partial charge in [-0.25, -0.2) is 4.98 Å². The van der Waals surface area contributed by atoms with E-state index in [4.69, 9.17) is 4.98 Å². The van der Waals surface area contributed by atoms with Gasteiger partial charge < -0.3 is 0 Å². The van der Waals surface area contributed by atoms with Gasteiger partial charge in [-0.1, -0.05) is 91.1 Å². The summed E-state index contributed by atoms with van der Waals surface area (Å²) in [7, 11) is 0. The van der Waals surface area contributed by atoms with E-state index in [1.165, 1.54) is 11.1 Å². The van der Waals surface area contributed by atoms with Crippen LogP contribution < -0.4 is 4.90 Å². The van der Waals surface area contributed by atoms with E-state index in [-0.39, 0.29) is 5.91 Å². The number of para-hydroxylation sites is 1. The van der Waals surface area contributed by atoms with Gasteiger partial charge in [0.2, 0.25) is 5.91 Å². The minimum atomic E-state index is 0.0943. The Morgan fingerprint density at radius 3 is 2.33 bits per heavy atom. The van der Waals surface area contributed by atoms with E-state index < -0.39 is 0 Å². The topological polar surface area (TPSA) is 33.2 Å². The number of rotatable bonds is 8. The predicted octanol–water partition coefficient (Wildman–Crippen LogP) is 6.33. The summed E-state index contributed by atoms with van der Waals surface area (Å²) in [6, 6.07) is 26.7. The minimum absolute atomic E-state index is 0.0943. The van der Waals surface area contributed by atoms with Crippen LogP contribution in [0.3, 0.4) is 0 Å². The molecular weight excluding hydrogens is 408 g/mol. The molecule has 0 aliphatic heterocycles. The molecule has 5 heteroatoms. The summed E-state index contributed by atoms with van der Waals surface area (Å²) in [6.45, 7) is 2.67. The maximum absolute atomic E-state index is 13.2. The zero-order valence-electron chi connectivity index (χ0n) is 17.0. The lowest BCUT2D eigenvalue weighted by atomic mass is 10.1. The first-order valence-corrected chi connectivity index (χ1v) is 12.1. The molecule has 0 atom stereocenters. The highest BCUT2D eigenvalue weighted by Gasteiger charge is 2.21. The Hall–Kier alpha value is -2.63. The standard InChI is InChI=1S/C25H24N2OS2/c1-2-21-14-9-15-22-24(21)26-25(30-22)27(16-19-10-5-3-6-11-19)23(28)18-29-17-20-12-7-4-8-13-20/h3-15H,2,16-18H2,1H3. The largest absolute Gasteiger partial charge is 0.283 e. The molecule has 30 heavy (non-hydrogen) atoms. The van der Waals surface area contributed by atoms with E-state index in [0.29, 0.717) is 12.3 Å². The quantitative estimate of drug-likeness (QED) is 0.326. The van der Waals surface area contributed by atoms with Crippen molar-refractivity contribution < 1.29 is 4.79 Å². The smallest absolute Gasteiger partial charge is 0.239 e. The number of thioether (sulfide) groups is 1. The molecule has 3 aromatic carbocycles. The number of fused-ring (bicyclic) bond motifs is 1. The molecule has 1 aromatic heterocycles. The number of aromatic nitrogens is 1. The lowest BCUT2D eigenvalue weighted by Gasteiger charge is -2.20. The van der Waals surface area contributed by atoms with Crippen LogP contribution >= 0.6 is 23.1 Å². The van der Waals surface area contributed by atoms with Crippen molar-refractivity contribution in [3.05, 3.63) is 95.6 Å². The van der Waals surface area contributed by atoms with Crippen molar-refractivity contribution in [1.82, 2.24) is 4.98 Å². The van der Waals surface area contributed by atoms with Gasteiger partial charge in [0.1, 0.15) is 0 Å². The van der Waals surface area contributed by atoms with Gasteiger partial charge in [0.05, 0.1) is 22.5 Å². The van der Waals surface area contributed by atoms with Gasteiger partial charge in [0, 0.05) is 5.75 Å². The first kappa shape index (κ1) is 20.6. The molecule has 1 amide bonds. The van der Waals surface area contributed by atoms with E-state index in [1.807, 2.05) is 41.3 Å². The summed E-state index contributed by atoms with van der Waals surface area (Å²) in [5.41, 5.74) is 4.58. The molecule has 0 fully saturated rings. The molecule has 0 N–H and O–H groups in total. The Kier molecular flexibility index (Phi) is 6.82. The molecule has 0 saturated heterocycles. The second-order valence-corrected chi connectivity index (χ2v) is 9.05. The van der Waals surface area contributed by atoms with Gasteiger partial charge in [-0.3, -0.25) is 9.69 Å². The van der Waals surface area contributed by atoms with Crippen LogP contribution in [-0.2, 0) is 23.5 Å². The van der Waals surface area contributed by atoms with Crippen molar-refractivity contribution in [2.24, 2.45) is 0 Å². The molecule has 3 nitrogen and oxygen atoms in total. The Morgan fingerprint density at radius 1 is 0.933 bits per heavy atom. The van der Waals surface area contributed by atoms with E-state index in [2.05, 4.69) is 49.4 Å². The zero-order chi connectivity index (χ0) is 20.8. The van der Waals surface area contributed by atoms with Gasteiger partial charge >= 0.3 is 0 Å². The molecule has 0 radical (unpaired) electrons. The van der Waals surface area contributed by atoms with Crippen molar-refractivity contribution in [3.63, 3.8) is 0 Å². The number of benzene rings is 3. The average Bonchev–Trinajstić information content (AvgIpc) is 3.23. The maximum atomic E-state index is 13.2. The summed E-state index contributed by atoms with van der Waals surface area (Å²) in [4.78, 5) is 20.0. The van der Waals surface area contributed by atoms with Gasteiger partial charge in [-0.2, -0.15) is 0 Å². The third-order valence-electron chi connectivity index (χ3n) is 4.92. The lowest BCUT2D eigenvalue weighted by molar-refractivity contribution is -0.116. The molecule has 0 aliphatic rings. The molecule has 0 aliphatic carbocycles. The normalized spacial score (nSPS) is 11.0. The van der Waals surface area contributed by atoms with E-state index in [0.717, 1.165) is 33.1 Å². The highest BCUT2D eigenvalue weighted by molar-refractivity contribution is 7.99. The number of aryl methyl sites for hydroxylation is 1. The first-order chi connectivity index (χ1) is 14.7. The number of carbonyl (C=O) groups excluding carboxylic acids is 1. The number of hydrogen-bond acceptors (Lipinski definition) is 4. The molecular formula is C25H24N2OS2. The van der Waals surface area contributed by atoms with Crippen LogP contribution in [0.15, 0.2) is 78.9 Å². The molecule has 1 heterocycles. The fourth-order valence-electron chi connectivity index (χ4n) is 3.33. The van der Waals surface area contributed by atoms with E-state index in [9.17, 15) is 4.79 Å². The summed E-state index contributed by atoms with van der Waals surface area (Å²) in [5, 5.41) is 0.778. The fraction of sp³-hybridized carbons (Fsp3) is 0.200. The van der Waals surface area contributed by atoms with E-state index >= 15 is 0 Å². The van der Waals surface area contributed by atoms with Gasteiger partial charge in [-0.05, 0) is 29.2 Å². The number of carbonyl (C=O) groups is 1. The molecule has 0 bridgehead atoms. The van der Waals surface area contributed by atoms with Crippen LogP contribution in [-0.4, -0.2) is 16.6 Å². The summed E-state index contributed by atoms with van der Waals surface area (Å²) >= 11 is 3.25. The summed E-state index contributed by atoms with van der Waals surface area (Å²) in [6.07, 6.45) is 0.931. The monoisotopic (exact) mass is 432 g/mol. The minimum Gasteiger partial charge on any atom is -0.283 e. The molecule has 4 rings (SSSR count). The van der Waals surface area contributed by atoms with Crippen LogP contribution in [0.4, 0.5) is 5.13 Å². The van der Waals surface area contributed by atoms with Gasteiger partial charge in [-0.15, -0.1) is 11.8 Å². The molecule has 152 valence electrons. The van der Waals surface area contributed by atoms with Crippen LogP contribution in [0.25, 0.3) is 10.2 Å². The van der Waals surface area contributed by atoms with Crippen molar-refractivity contribution in [3.8, 4) is 0 Å². The number of thiazole rings is 1. The van der Waals surface area contributed by atoms with Crippen LogP contribution in [0, 0.1) is 0 Å². The number of amides is 1. The molecule has 0 unspecified atom stereocenters. The Morgan fingerprint density at radius 2 is 1.63 bits per heavy atom. The molecule has 4 aromatic rings. The molecule has 0 spiro atoms. The third kappa shape index (κ3) is 4.91. The zero-order valence-corrected chi connectivity index (χ0v) is 18.6. The predicted molar refractivity (Wildman–Crippen MR) is 129 cm³/mol. The van der Waals surface area contributed by atoms with Crippen LogP contribution in [0.5, 0.6) is 0 Å². The number of hydrogen-bond donors (Lipinski definition) is 0.